The van der Waals surface area contributed by atoms with Crippen molar-refractivity contribution in [3.63, 3.8) is 0 Å². The summed E-state index contributed by atoms with van der Waals surface area (Å²) in [6.07, 6.45) is 2.60. The maximum atomic E-state index is 12.2. The van der Waals surface area contributed by atoms with E-state index in [1.807, 2.05) is 39.0 Å². The van der Waals surface area contributed by atoms with Gasteiger partial charge in [-0.2, -0.15) is 0 Å². The predicted molar refractivity (Wildman–Crippen MR) is 71.7 cm³/mol. The molecule has 0 saturated heterocycles. The summed E-state index contributed by atoms with van der Waals surface area (Å²) in [6.45, 7) is 5.91. The molecule has 2 rings (SSSR count). The van der Waals surface area contributed by atoms with E-state index in [1.165, 1.54) is 0 Å². The van der Waals surface area contributed by atoms with E-state index in [9.17, 15) is 9.59 Å². The zero-order valence-electron chi connectivity index (χ0n) is 11.1. The minimum Gasteiger partial charge on any atom is -0.295 e. The molecule has 2 nitrogen and oxygen atoms in total. The Morgan fingerprint density at radius 1 is 1.28 bits per heavy atom. The Bertz CT molecular complexity index is 538. The number of hydrogen-bond donors (Lipinski definition) is 0. The highest BCUT2D eigenvalue weighted by molar-refractivity contribution is 5.99. The third-order valence-electron chi connectivity index (χ3n) is 3.59. The number of aryl methyl sites for hydroxylation is 2. The number of rotatable bonds is 3. The predicted octanol–water partition coefficient (Wildman–Crippen LogP) is 3.41. The van der Waals surface area contributed by atoms with E-state index in [0.29, 0.717) is 12.8 Å². The number of Topliss-reactive ketones (excluding diaryl/α,β-unsaturated/α-hetero) is 1. The highest BCUT2D eigenvalue weighted by Gasteiger charge is 2.25. The fourth-order valence-electron chi connectivity index (χ4n) is 2.53. The summed E-state index contributed by atoms with van der Waals surface area (Å²) in [5.41, 5.74) is 4.01. The molecule has 0 aliphatic heterocycles. The van der Waals surface area contributed by atoms with Gasteiger partial charge in [-0.1, -0.05) is 29.3 Å². The van der Waals surface area contributed by atoms with Crippen molar-refractivity contribution in [2.75, 3.05) is 0 Å². The Morgan fingerprint density at radius 3 is 2.56 bits per heavy atom. The van der Waals surface area contributed by atoms with Crippen molar-refractivity contribution in [1.82, 2.24) is 0 Å². The van der Waals surface area contributed by atoms with Gasteiger partial charge in [0, 0.05) is 18.4 Å². The third kappa shape index (κ3) is 2.58. The fraction of sp³-hybridized carbons (Fsp3) is 0.375. The summed E-state index contributed by atoms with van der Waals surface area (Å²) in [7, 11) is 0. The molecule has 0 spiro atoms. The first-order valence-corrected chi connectivity index (χ1v) is 6.29. The summed E-state index contributed by atoms with van der Waals surface area (Å²) < 4.78 is 0. The molecule has 0 heterocycles. The second-order valence-electron chi connectivity index (χ2n) is 5.20. The van der Waals surface area contributed by atoms with Crippen molar-refractivity contribution in [2.45, 2.75) is 33.6 Å². The molecule has 1 aliphatic carbocycles. The van der Waals surface area contributed by atoms with Crippen molar-refractivity contribution in [1.29, 1.82) is 0 Å². The van der Waals surface area contributed by atoms with Crippen LogP contribution < -0.4 is 0 Å². The highest BCUT2D eigenvalue weighted by Crippen LogP contribution is 2.28. The minimum absolute atomic E-state index is 0.103. The summed E-state index contributed by atoms with van der Waals surface area (Å²) in [6, 6.07) is 5.88. The molecule has 1 aromatic carbocycles. The average molecular weight is 242 g/mol. The molecular formula is C16H18O2. The van der Waals surface area contributed by atoms with Crippen LogP contribution in [0.25, 0.3) is 0 Å². The summed E-state index contributed by atoms with van der Waals surface area (Å²) in [5.74, 6) is 0.386. The van der Waals surface area contributed by atoms with E-state index in [0.717, 1.165) is 22.3 Å². The summed E-state index contributed by atoms with van der Waals surface area (Å²) >= 11 is 0. The molecule has 1 aromatic rings. The monoisotopic (exact) mass is 242 g/mol. The Kier molecular flexibility index (Phi) is 3.46. The lowest BCUT2D eigenvalue weighted by Gasteiger charge is -2.11. The molecule has 0 radical (unpaired) electrons. The van der Waals surface area contributed by atoms with Crippen LogP contribution in [0.5, 0.6) is 0 Å². The maximum Gasteiger partial charge on any atom is 0.163 e. The van der Waals surface area contributed by atoms with Crippen LogP contribution in [0.15, 0.2) is 29.8 Å². The van der Waals surface area contributed by atoms with E-state index in [4.69, 9.17) is 0 Å². The number of allylic oxidation sites excluding steroid dienone is 2. The highest BCUT2D eigenvalue weighted by atomic mass is 16.1. The molecule has 94 valence electrons. The number of carbonyl (C=O) groups is 2. The van der Waals surface area contributed by atoms with Gasteiger partial charge in [0.25, 0.3) is 0 Å². The van der Waals surface area contributed by atoms with Crippen LogP contribution in [-0.4, -0.2) is 11.6 Å². The Labute approximate surface area is 108 Å². The Hall–Kier alpha value is -1.70. The van der Waals surface area contributed by atoms with Gasteiger partial charge in [0.2, 0.25) is 0 Å². The minimum atomic E-state index is 0.103. The van der Waals surface area contributed by atoms with Crippen LogP contribution in [-0.2, 0) is 4.79 Å². The molecule has 1 atom stereocenters. The lowest BCUT2D eigenvalue weighted by molar-refractivity contribution is -0.114. The second kappa shape index (κ2) is 4.89. The first kappa shape index (κ1) is 12.7. The third-order valence-corrected chi connectivity index (χ3v) is 3.59. The van der Waals surface area contributed by atoms with E-state index in [2.05, 4.69) is 0 Å². The van der Waals surface area contributed by atoms with Gasteiger partial charge in [0.15, 0.2) is 11.6 Å². The zero-order valence-corrected chi connectivity index (χ0v) is 11.1. The summed E-state index contributed by atoms with van der Waals surface area (Å²) in [4.78, 5) is 23.6. The van der Waals surface area contributed by atoms with Gasteiger partial charge in [-0.25, -0.2) is 0 Å². The molecule has 0 N–H and O–H groups in total. The Morgan fingerprint density at radius 2 is 2.00 bits per heavy atom. The van der Waals surface area contributed by atoms with Crippen LogP contribution in [0.4, 0.5) is 0 Å². The molecule has 0 saturated carbocycles. The lowest BCUT2D eigenvalue weighted by Crippen LogP contribution is -2.10. The first-order valence-electron chi connectivity index (χ1n) is 6.29. The van der Waals surface area contributed by atoms with Crippen molar-refractivity contribution >= 4 is 11.6 Å². The normalized spacial score (nSPS) is 18.9. The van der Waals surface area contributed by atoms with Gasteiger partial charge >= 0.3 is 0 Å². The zero-order chi connectivity index (χ0) is 13.3. The largest absolute Gasteiger partial charge is 0.295 e. The molecule has 0 aromatic heterocycles. The van der Waals surface area contributed by atoms with Gasteiger partial charge < -0.3 is 0 Å². The topological polar surface area (TPSA) is 34.1 Å². The number of carbonyl (C=O) groups excluding carboxylic acids is 2. The molecule has 0 fully saturated rings. The van der Waals surface area contributed by atoms with E-state index in [-0.39, 0.29) is 17.5 Å². The molecule has 0 bridgehead atoms. The quantitative estimate of drug-likeness (QED) is 0.761. The molecular weight excluding hydrogens is 224 g/mol. The van der Waals surface area contributed by atoms with Crippen LogP contribution >= 0.6 is 0 Å². The van der Waals surface area contributed by atoms with Crippen molar-refractivity contribution < 1.29 is 9.59 Å². The van der Waals surface area contributed by atoms with Crippen molar-refractivity contribution in [3.8, 4) is 0 Å². The van der Waals surface area contributed by atoms with Gasteiger partial charge in [0.05, 0.1) is 0 Å². The van der Waals surface area contributed by atoms with Crippen LogP contribution in [0, 0.1) is 19.8 Å². The van der Waals surface area contributed by atoms with Crippen LogP contribution in [0.1, 0.15) is 41.3 Å². The van der Waals surface area contributed by atoms with E-state index in [1.54, 1.807) is 6.08 Å². The number of ketones is 2. The van der Waals surface area contributed by atoms with Crippen LogP contribution in [0.3, 0.4) is 0 Å². The lowest BCUT2D eigenvalue weighted by atomic mass is 9.91. The van der Waals surface area contributed by atoms with Gasteiger partial charge in [-0.05, 0) is 38.3 Å². The number of hydrogen-bond acceptors (Lipinski definition) is 2. The smallest absolute Gasteiger partial charge is 0.163 e. The SMILES string of the molecule is CC1=CC(=O)C[C@H]1CC(=O)c1ccc(C)cc1C. The standard InChI is InChI=1S/C16H18O2/c1-10-4-5-15(12(3)6-10)16(18)9-13-8-14(17)7-11(13)2/h4-7,13H,8-9H2,1-3H3/t13-/m0/s1. The van der Waals surface area contributed by atoms with Crippen LogP contribution in [0.2, 0.25) is 0 Å². The average Bonchev–Trinajstić information content (AvgIpc) is 2.57. The van der Waals surface area contributed by atoms with Crippen molar-refractivity contribution in [3.05, 3.63) is 46.5 Å². The van der Waals surface area contributed by atoms with E-state index >= 15 is 0 Å². The van der Waals surface area contributed by atoms with E-state index < -0.39 is 0 Å². The fourth-order valence-corrected chi connectivity index (χ4v) is 2.53. The maximum absolute atomic E-state index is 12.2. The molecule has 0 unspecified atom stereocenters. The van der Waals surface area contributed by atoms with Gasteiger partial charge in [-0.3, -0.25) is 9.59 Å². The Balaban J connectivity index is 2.13. The molecule has 1 aliphatic rings. The van der Waals surface area contributed by atoms with Crippen molar-refractivity contribution in [2.24, 2.45) is 5.92 Å². The first-order chi connectivity index (χ1) is 8.47. The van der Waals surface area contributed by atoms with Gasteiger partial charge in [-0.15, -0.1) is 0 Å². The molecule has 0 amide bonds. The van der Waals surface area contributed by atoms with Gasteiger partial charge in [0.1, 0.15) is 0 Å². The molecule has 2 heteroatoms. The molecule has 18 heavy (non-hydrogen) atoms. The second-order valence-corrected chi connectivity index (χ2v) is 5.20. The number of benzene rings is 1. The summed E-state index contributed by atoms with van der Waals surface area (Å²) in [5, 5.41) is 0.